The first-order chi connectivity index (χ1) is 12.2. The van der Waals surface area contributed by atoms with Gasteiger partial charge < -0.3 is 15.3 Å². The van der Waals surface area contributed by atoms with Crippen molar-refractivity contribution in [3.8, 4) is 0 Å². The third-order valence-electron chi connectivity index (χ3n) is 3.75. The van der Waals surface area contributed by atoms with Crippen LogP contribution in [0.3, 0.4) is 0 Å². The van der Waals surface area contributed by atoms with Gasteiger partial charge in [-0.3, -0.25) is 14.4 Å². The number of aryl methyl sites for hydroxylation is 1. The number of rotatable bonds is 6. The highest BCUT2D eigenvalue weighted by Gasteiger charge is 2.22. The number of carbonyl (C=O) groups excluding carboxylic acids is 2. The maximum atomic E-state index is 13.2. The number of thiophene rings is 1. The second-order valence-corrected chi connectivity index (χ2v) is 7.06. The van der Waals surface area contributed by atoms with E-state index in [9.17, 15) is 18.8 Å². The number of nitrogens with one attached hydrogen (secondary N) is 1. The van der Waals surface area contributed by atoms with Crippen LogP contribution in [0.1, 0.15) is 32.5 Å². The summed E-state index contributed by atoms with van der Waals surface area (Å²) in [6.07, 6.45) is 0. The van der Waals surface area contributed by atoms with E-state index in [4.69, 9.17) is 5.11 Å². The molecule has 0 aliphatic rings. The Morgan fingerprint density at radius 2 is 2.00 bits per heavy atom. The zero-order chi connectivity index (χ0) is 19.4. The number of amides is 2. The lowest BCUT2D eigenvalue weighted by atomic mass is 10.1. The highest BCUT2D eigenvalue weighted by atomic mass is 32.1. The van der Waals surface area contributed by atoms with Crippen LogP contribution in [0.25, 0.3) is 0 Å². The summed E-state index contributed by atoms with van der Waals surface area (Å²) in [6, 6.07) is 6.97. The van der Waals surface area contributed by atoms with Gasteiger partial charge in [0.15, 0.2) is 0 Å². The molecule has 0 aliphatic carbocycles. The number of nitrogens with zero attached hydrogens (tertiary/aromatic N) is 1. The average molecular weight is 378 g/mol. The fourth-order valence-electron chi connectivity index (χ4n) is 2.31. The van der Waals surface area contributed by atoms with Crippen LogP contribution in [0.2, 0.25) is 0 Å². The largest absolute Gasteiger partial charge is 0.481 e. The molecule has 0 saturated heterocycles. The molecular weight excluding hydrogens is 359 g/mol. The molecule has 2 rings (SSSR count). The van der Waals surface area contributed by atoms with Crippen LogP contribution >= 0.6 is 11.3 Å². The molecule has 2 amide bonds. The van der Waals surface area contributed by atoms with Crippen molar-refractivity contribution in [3.05, 3.63) is 52.2 Å². The zero-order valence-electron chi connectivity index (χ0n) is 14.6. The van der Waals surface area contributed by atoms with Gasteiger partial charge in [-0.05, 0) is 36.8 Å². The Balaban J connectivity index is 2.12. The standard InChI is InChI=1S/C18H19FN2O4S/c1-10-7-14(20-16(22)12-5-4-6-13(19)8-12)26-15(10)17(23)21(3)9-11(2)18(24)25/h4-8,11H,9H2,1-3H3,(H,20,22)(H,24,25). The first-order valence-corrected chi connectivity index (χ1v) is 8.66. The van der Waals surface area contributed by atoms with E-state index in [2.05, 4.69) is 5.32 Å². The molecule has 1 unspecified atom stereocenters. The fraction of sp³-hybridized carbons (Fsp3) is 0.278. The molecule has 1 heterocycles. The second kappa shape index (κ2) is 8.09. The number of benzene rings is 1. The van der Waals surface area contributed by atoms with E-state index < -0.39 is 23.6 Å². The van der Waals surface area contributed by atoms with Crippen LogP contribution in [0.15, 0.2) is 30.3 Å². The number of carbonyl (C=O) groups is 3. The molecule has 138 valence electrons. The normalized spacial score (nSPS) is 11.7. The summed E-state index contributed by atoms with van der Waals surface area (Å²) in [5.41, 5.74) is 0.848. The van der Waals surface area contributed by atoms with Gasteiger partial charge in [-0.2, -0.15) is 0 Å². The molecule has 2 aromatic rings. The van der Waals surface area contributed by atoms with Gasteiger partial charge in [0.1, 0.15) is 5.82 Å². The Hall–Kier alpha value is -2.74. The van der Waals surface area contributed by atoms with Crippen molar-refractivity contribution in [2.45, 2.75) is 13.8 Å². The summed E-state index contributed by atoms with van der Waals surface area (Å²) in [5.74, 6) is -2.96. The molecule has 0 bridgehead atoms. The minimum Gasteiger partial charge on any atom is -0.481 e. The van der Waals surface area contributed by atoms with Crippen LogP contribution in [0.5, 0.6) is 0 Å². The average Bonchev–Trinajstić information content (AvgIpc) is 2.94. The van der Waals surface area contributed by atoms with Crippen molar-refractivity contribution in [2.75, 3.05) is 18.9 Å². The lowest BCUT2D eigenvalue weighted by Crippen LogP contribution is -2.33. The summed E-state index contributed by atoms with van der Waals surface area (Å²) in [6.45, 7) is 3.34. The lowest BCUT2D eigenvalue weighted by Gasteiger charge is -2.19. The number of hydrogen-bond acceptors (Lipinski definition) is 4. The molecule has 0 saturated carbocycles. The van der Waals surface area contributed by atoms with Crippen molar-refractivity contribution < 1.29 is 23.9 Å². The Morgan fingerprint density at radius 1 is 1.31 bits per heavy atom. The predicted molar refractivity (Wildman–Crippen MR) is 97.2 cm³/mol. The van der Waals surface area contributed by atoms with Crippen LogP contribution in [-0.2, 0) is 4.79 Å². The van der Waals surface area contributed by atoms with Crippen LogP contribution in [-0.4, -0.2) is 41.4 Å². The molecule has 2 N–H and O–H groups in total. The molecule has 0 aliphatic heterocycles. The van der Waals surface area contributed by atoms with Gasteiger partial charge in [0, 0.05) is 19.2 Å². The highest BCUT2D eigenvalue weighted by molar-refractivity contribution is 7.18. The van der Waals surface area contributed by atoms with E-state index in [0.717, 1.165) is 17.4 Å². The molecule has 6 nitrogen and oxygen atoms in total. The number of hydrogen-bond donors (Lipinski definition) is 2. The summed E-state index contributed by atoms with van der Waals surface area (Å²) in [4.78, 5) is 37.4. The molecule has 1 atom stereocenters. The van der Waals surface area contributed by atoms with Crippen LogP contribution < -0.4 is 5.32 Å². The molecular formula is C18H19FN2O4S. The monoisotopic (exact) mass is 378 g/mol. The number of halogens is 1. The van der Waals surface area contributed by atoms with E-state index in [0.29, 0.717) is 15.4 Å². The van der Waals surface area contributed by atoms with Gasteiger partial charge in [-0.15, -0.1) is 11.3 Å². The van der Waals surface area contributed by atoms with E-state index in [1.807, 2.05) is 0 Å². The summed E-state index contributed by atoms with van der Waals surface area (Å²) < 4.78 is 13.2. The number of anilines is 1. The minimum atomic E-state index is -0.976. The highest BCUT2D eigenvalue weighted by Crippen LogP contribution is 2.28. The molecule has 8 heteroatoms. The second-order valence-electron chi connectivity index (χ2n) is 6.01. The topological polar surface area (TPSA) is 86.7 Å². The Bertz CT molecular complexity index is 849. The van der Waals surface area contributed by atoms with Gasteiger partial charge in [-0.1, -0.05) is 13.0 Å². The van der Waals surface area contributed by atoms with E-state index >= 15 is 0 Å². The molecule has 0 spiro atoms. The summed E-state index contributed by atoms with van der Waals surface area (Å²) in [7, 11) is 1.53. The molecule has 0 radical (unpaired) electrons. The van der Waals surface area contributed by atoms with Crippen molar-refractivity contribution in [1.82, 2.24) is 4.90 Å². The van der Waals surface area contributed by atoms with Crippen molar-refractivity contribution in [2.24, 2.45) is 5.92 Å². The van der Waals surface area contributed by atoms with E-state index in [1.54, 1.807) is 13.0 Å². The molecule has 0 fully saturated rings. The quantitative estimate of drug-likeness (QED) is 0.808. The lowest BCUT2D eigenvalue weighted by molar-refractivity contribution is -0.141. The fourth-order valence-corrected chi connectivity index (χ4v) is 3.38. The van der Waals surface area contributed by atoms with Crippen LogP contribution in [0.4, 0.5) is 9.39 Å². The Labute approximate surface area is 154 Å². The first-order valence-electron chi connectivity index (χ1n) is 7.84. The van der Waals surface area contributed by atoms with Gasteiger partial charge >= 0.3 is 5.97 Å². The van der Waals surface area contributed by atoms with Crippen molar-refractivity contribution in [3.63, 3.8) is 0 Å². The number of carboxylic acids is 1. The van der Waals surface area contributed by atoms with Crippen LogP contribution in [0, 0.1) is 18.7 Å². The number of carboxylic acid groups (broad SMARTS) is 1. The van der Waals surface area contributed by atoms with Crippen molar-refractivity contribution in [1.29, 1.82) is 0 Å². The summed E-state index contributed by atoms with van der Waals surface area (Å²) in [5, 5.41) is 12.1. The zero-order valence-corrected chi connectivity index (χ0v) is 15.4. The van der Waals surface area contributed by atoms with Crippen molar-refractivity contribution >= 4 is 34.1 Å². The van der Waals surface area contributed by atoms with Gasteiger partial charge in [0.05, 0.1) is 15.8 Å². The first kappa shape index (κ1) is 19.6. The predicted octanol–water partition coefficient (Wildman–Crippen LogP) is 3.24. The third-order valence-corrected chi connectivity index (χ3v) is 4.89. The van der Waals surface area contributed by atoms with Gasteiger partial charge in [-0.25, -0.2) is 4.39 Å². The maximum Gasteiger partial charge on any atom is 0.308 e. The Morgan fingerprint density at radius 3 is 2.62 bits per heavy atom. The smallest absolute Gasteiger partial charge is 0.308 e. The summed E-state index contributed by atoms with van der Waals surface area (Å²) >= 11 is 1.09. The molecule has 26 heavy (non-hydrogen) atoms. The van der Waals surface area contributed by atoms with E-state index in [1.165, 1.54) is 37.1 Å². The maximum absolute atomic E-state index is 13.2. The van der Waals surface area contributed by atoms with E-state index in [-0.39, 0.29) is 18.0 Å². The molecule has 1 aromatic heterocycles. The van der Waals surface area contributed by atoms with Gasteiger partial charge in [0.2, 0.25) is 0 Å². The Kier molecular flexibility index (Phi) is 6.10. The molecule has 1 aromatic carbocycles. The van der Waals surface area contributed by atoms with Gasteiger partial charge in [0.25, 0.3) is 11.8 Å². The SMILES string of the molecule is Cc1cc(NC(=O)c2cccc(F)c2)sc1C(=O)N(C)CC(C)C(=O)O. The number of aliphatic carboxylic acids is 1. The third kappa shape index (κ3) is 4.66. The minimum absolute atomic E-state index is 0.0799.